The quantitative estimate of drug-likeness (QED) is 0.673. The van der Waals surface area contributed by atoms with Gasteiger partial charge in [-0.1, -0.05) is 0 Å². The number of rotatable bonds is 6. The van der Waals surface area contributed by atoms with Gasteiger partial charge in [0.1, 0.15) is 5.60 Å². The fraction of sp³-hybridized carbons (Fsp3) is 0.818. The lowest BCUT2D eigenvalue weighted by Gasteiger charge is -2.24. The van der Waals surface area contributed by atoms with E-state index in [1.807, 2.05) is 6.26 Å². The average Bonchev–Trinajstić information content (AvgIpc) is 2.20. The number of carboxylic acid groups (broad SMARTS) is 1. The Morgan fingerprint density at radius 2 is 1.94 bits per heavy atom. The van der Waals surface area contributed by atoms with Crippen LogP contribution >= 0.6 is 11.8 Å². The maximum atomic E-state index is 11.5. The Morgan fingerprint density at radius 3 is 2.33 bits per heavy atom. The first-order valence-electron chi connectivity index (χ1n) is 5.56. The third kappa shape index (κ3) is 7.39. The number of aliphatic hydroxyl groups excluding tert-OH is 1. The van der Waals surface area contributed by atoms with Gasteiger partial charge in [-0.2, -0.15) is 11.8 Å². The standard InChI is InChI=1S/C11H21NO5S/c1-11(2,3)17-10(16)12-7(5-6-18-4)8(13)9(14)15/h7-8,13H,5-6H2,1-4H3,(H,12,16)(H,14,15)/t7-,8?/m0/s1. The molecule has 1 unspecified atom stereocenters. The first-order valence-corrected chi connectivity index (χ1v) is 6.96. The van der Waals surface area contributed by atoms with E-state index in [4.69, 9.17) is 9.84 Å². The summed E-state index contributed by atoms with van der Waals surface area (Å²) < 4.78 is 5.02. The second-order valence-electron chi connectivity index (χ2n) is 4.82. The first-order chi connectivity index (χ1) is 8.17. The maximum absolute atomic E-state index is 11.5. The Hall–Kier alpha value is -0.950. The van der Waals surface area contributed by atoms with E-state index in [0.29, 0.717) is 12.2 Å². The molecule has 0 radical (unpaired) electrons. The molecular weight excluding hydrogens is 258 g/mol. The van der Waals surface area contributed by atoms with Crippen molar-refractivity contribution in [3.8, 4) is 0 Å². The molecule has 1 amide bonds. The van der Waals surface area contributed by atoms with Crippen LogP contribution in [0.2, 0.25) is 0 Å². The van der Waals surface area contributed by atoms with Gasteiger partial charge in [0.15, 0.2) is 6.10 Å². The Morgan fingerprint density at radius 1 is 1.39 bits per heavy atom. The molecule has 3 N–H and O–H groups in total. The van der Waals surface area contributed by atoms with Crippen molar-refractivity contribution in [1.29, 1.82) is 0 Å². The summed E-state index contributed by atoms with van der Waals surface area (Å²) in [6.45, 7) is 5.12. The Balaban J connectivity index is 4.49. The van der Waals surface area contributed by atoms with Crippen LogP contribution in [0.25, 0.3) is 0 Å². The van der Waals surface area contributed by atoms with Crippen molar-refractivity contribution in [3.63, 3.8) is 0 Å². The van der Waals surface area contributed by atoms with E-state index in [9.17, 15) is 14.7 Å². The molecule has 0 aliphatic carbocycles. The van der Waals surface area contributed by atoms with Crippen LogP contribution in [0.5, 0.6) is 0 Å². The summed E-state index contributed by atoms with van der Waals surface area (Å²) in [6.07, 6.45) is -0.149. The number of carbonyl (C=O) groups excluding carboxylic acids is 1. The number of thioether (sulfide) groups is 1. The van der Waals surface area contributed by atoms with E-state index in [-0.39, 0.29) is 0 Å². The zero-order chi connectivity index (χ0) is 14.3. The fourth-order valence-electron chi connectivity index (χ4n) is 1.18. The van der Waals surface area contributed by atoms with Gasteiger partial charge in [0.05, 0.1) is 6.04 Å². The molecule has 0 saturated carbocycles. The summed E-state index contributed by atoms with van der Waals surface area (Å²) in [5.41, 5.74) is -0.664. The van der Waals surface area contributed by atoms with Gasteiger partial charge < -0.3 is 20.3 Å². The van der Waals surface area contributed by atoms with Crippen molar-refractivity contribution in [2.75, 3.05) is 12.0 Å². The van der Waals surface area contributed by atoms with Crippen molar-refractivity contribution in [3.05, 3.63) is 0 Å². The molecule has 0 saturated heterocycles. The fourth-order valence-corrected chi connectivity index (χ4v) is 1.67. The highest BCUT2D eigenvalue weighted by Gasteiger charge is 2.28. The number of hydrogen-bond acceptors (Lipinski definition) is 5. The van der Waals surface area contributed by atoms with Crippen LogP contribution in [0.3, 0.4) is 0 Å². The summed E-state index contributed by atoms with van der Waals surface area (Å²) in [6, 6.07) is -0.857. The lowest BCUT2D eigenvalue weighted by molar-refractivity contribution is -0.148. The number of alkyl carbamates (subject to hydrolysis) is 1. The summed E-state index contributed by atoms with van der Waals surface area (Å²) >= 11 is 1.50. The van der Waals surface area contributed by atoms with E-state index in [1.165, 1.54) is 11.8 Å². The minimum Gasteiger partial charge on any atom is -0.479 e. The van der Waals surface area contributed by atoms with E-state index >= 15 is 0 Å². The van der Waals surface area contributed by atoms with Crippen LogP contribution in [-0.2, 0) is 9.53 Å². The van der Waals surface area contributed by atoms with Crippen LogP contribution in [0.1, 0.15) is 27.2 Å². The third-order valence-electron chi connectivity index (χ3n) is 1.97. The van der Waals surface area contributed by atoms with Gasteiger partial charge in [0.2, 0.25) is 0 Å². The molecule has 0 aliphatic heterocycles. The maximum Gasteiger partial charge on any atom is 0.407 e. The predicted molar refractivity (Wildman–Crippen MR) is 69.8 cm³/mol. The molecule has 0 fully saturated rings. The zero-order valence-electron chi connectivity index (χ0n) is 11.1. The highest BCUT2D eigenvalue weighted by Crippen LogP contribution is 2.09. The van der Waals surface area contributed by atoms with Crippen LogP contribution in [0.4, 0.5) is 4.79 Å². The molecule has 0 aromatic rings. The van der Waals surface area contributed by atoms with Gasteiger partial charge in [0.25, 0.3) is 0 Å². The third-order valence-corrected chi connectivity index (χ3v) is 2.61. The predicted octanol–water partition coefficient (Wildman–Crippen LogP) is 1.08. The topological polar surface area (TPSA) is 95.9 Å². The number of carbonyl (C=O) groups is 2. The highest BCUT2D eigenvalue weighted by atomic mass is 32.2. The van der Waals surface area contributed by atoms with E-state index in [1.54, 1.807) is 20.8 Å². The molecule has 6 nitrogen and oxygen atoms in total. The number of ether oxygens (including phenoxy) is 1. The monoisotopic (exact) mass is 279 g/mol. The lowest BCUT2D eigenvalue weighted by atomic mass is 10.1. The van der Waals surface area contributed by atoms with Crippen molar-refractivity contribution in [2.24, 2.45) is 0 Å². The molecule has 0 heterocycles. The number of aliphatic carboxylic acids is 1. The van der Waals surface area contributed by atoms with Crippen molar-refractivity contribution >= 4 is 23.8 Å². The van der Waals surface area contributed by atoms with Crippen molar-refractivity contribution in [1.82, 2.24) is 5.32 Å². The molecule has 0 rings (SSSR count). The summed E-state index contributed by atoms with van der Waals surface area (Å²) in [7, 11) is 0. The van der Waals surface area contributed by atoms with E-state index in [2.05, 4.69) is 5.32 Å². The smallest absolute Gasteiger partial charge is 0.407 e. The molecule has 106 valence electrons. The van der Waals surface area contributed by atoms with Crippen molar-refractivity contribution in [2.45, 2.75) is 44.9 Å². The molecule has 7 heteroatoms. The van der Waals surface area contributed by atoms with Gasteiger partial charge >= 0.3 is 12.1 Å². The second-order valence-corrected chi connectivity index (χ2v) is 5.80. The summed E-state index contributed by atoms with van der Waals surface area (Å²) in [5, 5.41) is 20.6. The van der Waals surface area contributed by atoms with Gasteiger partial charge in [-0.25, -0.2) is 9.59 Å². The average molecular weight is 279 g/mol. The Labute approximate surface area is 111 Å². The highest BCUT2D eigenvalue weighted by molar-refractivity contribution is 7.98. The van der Waals surface area contributed by atoms with Gasteiger partial charge in [-0.05, 0) is 39.2 Å². The molecule has 0 spiro atoms. The molecule has 0 bridgehead atoms. The first kappa shape index (κ1) is 17.1. The molecule has 18 heavy (non-hydrogen) atoms. The number of nitrogens with one attached hydrogen (secondary N) is 1. The summed E-state index contributed by atoms with van der Waals surface area (Å²) in [4.78, 5) is 22.2. The molecular formula is C11H21NO5S. The molecule has 0 aliphatic rings. The largest absolute Gasteiger partial charge is 0.479 e. The zero-order valence-corrected chi connectivity index (χ0v) is 11.9. The van der Waals surface area contributed by atoms with Gasteiger partial charge in [-0.3, -0.25) is 0 Å². The van der Waals surface area contributed by atoms with Gasteiger partial charge in [-0.15, -0.1) is 0 Å². The second kappa shape index (κ2) is 7.48. The number of hydrogen-bond donors (Lipinski definition) is 3. The molecule has 2 atom stereocenters. The number of carboxylic acids is 1. The molecule has 0 aromatic heterocycles. The van der Waals surface area contributed by atoms with Crippen LogP contribution < -0.4 is 5.32 Å². The van der Waals surface area contributed by atoms with Crippen molar-refractivity contribution < 1.29 is 24.5 Å². The van der Waals surface area contributed by atoms with Crippen LogP contribution in [0.15, 0.2) is 0 Å². The number of aliphatic hydroxyl groups is 1. The number of amides is 1. The lowest BCUT2D eigenvalue weighted by Crippen LogP contribution is -2.48. The Bertz CT molecular complexity index is 290. The minimum absolute atomic E-state index is 0.355. The van der Waals surface area contributed by atoms with E-state index in [0.717, 1.165) is 0 Å². The normalized spacial score (nSPS) is 14.7. The van der Waals surface area contributed by atoms with Crippen LogP contribution in [-0.4, -0.2) is 52.0 Å². The Kier molecular flexibility index (Phi) is 7.08. The van der Waals surface area contributed by atoms with Crippen LogP contribution in [0, 0.1) is 0 Å². The summed E-state index contributed by atoms with van der Waals surface area (Å²) in [5.74, 6) is -0.734. The molecule has 0 aromatic carbocycles. The SMILES string of the molecule is CSCC[C@H](NC(=O)OC(C)(C)C)C(O)C(=O)O. The van der Waals surface area contributed by atoms with E-state index < -0.39 is 29.8 Å². The van der Waals surface area contributed by atoms with Gasteiger partial charge in [0, 0.05) is 0 Å². The minimum atomic E-state index is -1.63.